The van der Waals surface area contributed by atoms with E-state index >= 15 is 0 Å². The van der Waals surface area contributed by atoms with E-state index in [0.717, 1.165) is 36.3 Å². The fourth-order valence-corrected chi connectivity index (χ4v) is 4.72. The van der Waals surface area contributed by atoms with E-state index in [0.29, 0.717) is 22.6 Å². The van der Waals surface area contributed by atoms with Gasteiger partial charge in [-0.25, -0.2) is 9.67 Å². The highest BCUT2D eigenvalue weighted by Crippen LogP contribution is 2.57. The van der Waals surface area contributed by atoms with Crippen LogP contribution in [0.25, 0.3) is 5.82 Å². The van der Waals surface area contributed by atoms with Crippen LogP contribution in [0.3, 0.4) is 0 Å². The average Bonchev–Trinajstić information content (AvgIpc) is 3.59. The fourth-order valence-electron chi connectivity index (χ4n) is 4.61. The van der Waals surface area contributed by atoms with Gasteiger partial charge in [0.15, 0.2) is 11.5 Å². The molecule has 5 nitrogen and oxygen atoms in total. The summed E-state index contributed by atoms with van der Waals surface area (Å²) in [6.45, 7) is 0. The summed E-state index contributed by atoms with van der Waals surface area (Å²) in [5.41, 5.74) is 3.74. The standard InChI is InChI=1S/C22H19ClN4O/c23-15-6-7-18(24-12-15)27-20-16-10-13(16)11-17(20)19(26-27)21(28)25-22(8-9-22)14-4-2-1-3-5-14/h1-7,12-13,16H,8-11H2,(H,25,28)/t13-,16-/m1/s1. The van der Waals surface area contributed by atoms with Gasteiger partial charge >= 0.3 is 0 Å². The van der Waals surface area contributed by atoms with Crippen LogP contribution < -0.4 is 5.32 Å². The molecular weight excluding hydrogens is 372 g/mol. The van der Waals surface area contributed by atoms with Gasteiger partial charge in [-0.2, -0.15) is 5.10 Å². The Kier molecular flexibility index (Phi) is 3.30. The number of carbonyl (C=O) groups is 1. The summed E-state index contributed by atoms with van der Waals surface area (Å²) in [6.07, 6.45) is 5.68. The van der Waals surface area contributed by atoms with Crippen molar-refractivity contribution in [1.82, 2.24) is 20.1 Å². The first-order chi connectivity index (χ1) is 13.6. The fraction of sp³-hybridized carbons (Fsp3) is 0.318. The van der Waals surface area contributed by atoms with Crippen molar-refractivity contribution in [1.29, 1.82) is 0 Å². The molecule has 0 unspecified atom stereocenters. The molecule has 0 saturated heterocycles. The molecule has 140 valence electrons. The largest absolute Gasteiger partial charge is 0.341 e. The minimum Gasteiger partial charge on any atom is -0.341 e. The minimum atomic E-state index is -0.241. The lowest BCUT2D eigenvalue weighted by atomic mass is 10.0. The zero-order valence-electron chi connectivity index (χ0n) is 15.2. The van der Waals surface area contributed by atoms with Crippen molar-refractivity contribution in [3.05, 3.63) is 76.2 Å². The normalized spacial score (nSPS) is 23.0. The second-order valence-corrected chi connectivity index (χ2v) is 8.60. The summed E-state index contributed by atoms with van der Waals surface area (Å²) >= 11 is 5.99. The lowest BCUT2D eigenvalue weighted by Crippen LogP contribution is -2.35. The number of halogens is 1. The van der Waals surface area contributed by atoms with E-state index in [-0.39, 0.29) is 11.4 Å². The highest BCUT2D eigenvalue weighted by Gasteiger charge is 2.51. The van der Waals surface area contributed by atoms with Gasteiger partial charge in [-0.15, -0.1) is 0 Å². The summed E-state index contributed by atoms with van der Waals surface area (Å²) in [5, 5.41) is 8.58. The highest BCUT2D eigenvalue weighted by molar-refractivity contribution is 6.30. The van der Waals surface area contributed by atoms with E-state index in [4.69, 9.17) is 16.7 Å². The first kappa shape index (κ1) is 16.3. The minimum absolute atomic E-state index is 0.0772. The summed E-state index contributed by atoms with van der Waals surface area (Å²) < 4.78 is 1.86. The molecule has 0 radical (unpaired) electrons. The molecule has 1 N–H and O–H groups in total. The van der Waals surface area contributed by atoms with Crippen LogP contribution in [0.1, 0.15) is 52.5 Å². The number of hydrogen-bond donors (Lipinski definition) is 1. The van der Waals surface area contributed by atoms with Crippen molar-refractivity contribution in [2.24, 2.45) is 5.92 Å². The van der Waals surface area contributed by atoms with Gasteiger partial charge in [-0.1, -0.05) is 41.9 Å². The van der Waals surface area contributed by atoms with Crippen molar-refractivity contribution >= 4 is 17.5 Å². The number of pyridine rings is 1. The molecule has 0 bridgehead atoms. The highest BCUT2D eigenvalue weighted by atomic mass is 35.5. The van der Waals surface area contributed by atoms with E-state index in [1.54, 1.807) is 6.20 Å². The Balaban J connectivity index is 1.37. The number of hydrogen-bond acceptors (Lipinski definition) is 3. The number of amides is 1. The second kappa shape index (κ2) is 5.67. The van der Waals surface area contributed by atoms with Crippen LogP contribution in [0, 0.1) is 5.92 Å². The van der Waals surface area contributed by atoms with Crippen molar-refractivity contribution in [3.63, 3.8) is 0 Å². The van der Waals surface area contributed by atoms with E-state index in [1.807, 2.05) is 35.0 Å². The molecular formula is C22H19ClN4O. The molecule has 0 spiro atoms. The summed E-state index contributed by atoms with van der Waals surface area (Å²) in [5.74, 6) is 1.80. The van der Waals surface area contributed by atoms with Gasteiger partial charge in [0.05, 0.1) is 16.3 Å². The van der Waals surface area contributed by atoms with E-state index < -0.39 is 0 Å². The third-order valence-electron chi connectivity index (χ3n) is 6.34. The van der Waals surface area contributed by atoms with Gasteiger partial charge in [0.1, 0.15) is 0 Å². The molecule has 3 aromatic rings. The first-order valence-corrected chi connectivity index (χ1v) is 10.1. The lowest BCUT2D eigenvalue weighted by Gasteiger charge is -2.17. The van der Waals surface area contributed by atoms with Crippen LogP contribution in [-0.2, 0) is 12.0 Å². The molecule has 2 fully saturated rings. The van der Waals surface area contributed by atoms with Gasteiger partial charge in [-0.3, -0.25) is 4.79 Å². The predicted octanol–water partition coefficient (Wildman–Crippen LogP) is 4.00. The SMILES string of the molecule is O=C(NC1(c2ccccc2)CC1)c1nn(-c2ccc(Cl)cn2)c2c1C[C@H]1C[C@@H]21. The van der Waals surface area contributed by atoms with Crippen molar-refractivity contribution < 1.29 is 4.79 Å². The molecule has 3 aliphatic rings. The van der Waals surface area contributed by atoms with Crippen LogP contribution in [0.15, 0.2) is 48.7 Å². The number of carbonyl (C=O) groups excluding carboxylic acids is 1. The maximum Gasteiger partial charge on any atom is 0.272 e. The number of rotatable bonds is 4. The Labute approximate surface area is 167 Å². The summed E-state index contributed by atoms with van der Waals surface area (Å²) in [7, 11) is 0. The van der Waals surface area contributed by atoms with Crippen LogP contribution in [0.5, 0.6) is 0 Å². The van der Waals surface area contributed by atoms with Gasteiger partial charge in [0.2, 0.25) is 0 Å². The molecule has 3 aliphatic carbocycles. The van der Waals surface area contributed by atoms with Gasteiger partial charge in [0.25, 0.3) is 5.91 Å². The molecule has 6 rings (SSSR count). The third kappa shape index (κ3) is 2.42. The molecule has 0 aliphatic heterocycles. The Bertz CT molecular complexity index is 1090. The molecule has 28 heavy (non-hydrogen) atoms. The molecule has 6 heteroatoms. The maximum absolute atomic E-state index is 13.2. The second-order valence-electron chi connectivity index (χ2n) is 8.17. The molecule has 2 atom stereocenters. The first-order valence-electron chi connectivity index (χ1n) is 9.76. The van der Waals surface area contributed by atoms with E-state index in [1.165, 1.54) is 12.0 Å². The molecule has 1 amide bonds. The van der Waals surface area contributed by atoms with Gasteiger partial charge in [-0.05, 0) is 49.3 Å². The van der Waals surface area contributed by atoms with E-state index in [2.05, 4.69) is 22.4 Å². The zero-order chi connectivity index (χ0) is 18.9. The monoisotopic (exact) mass is 390 g/mol. The zero-order valence-corrected chi connectivity index (χ0v) is 16.0. The lowest BCUT2D eigenvalue weighted by molar-refractivity contribution is 0.0924. The Morgan fingerprint density at radius 1 is 1.18 bits per heavy atom. The van der Waals surface area contributed by atoms with Crippen LogP contribution in [0.4, 0.5) is 0 Å². The van der Waals surface area contributed by atoms with Crippen molar-refractivity contribution in [3.8, 4) is 5.82 Å². The molecule has 2 aromatic heterocycles. The van der Waals surface area contributed by atoms with Crippen molar-refractivity contribution in [2.75, 3.05) is 0 Å². The number of benzene rings is 1. The molecule has 2 heterocycles. The van der Waals surface area contributed by atoms with Gasteiger partial charge < -0.3 is 5.32 Å². The summed E-state index contributed by atoms with van der Waals surface area (Å²) in [6, 6.07) is 13.9. The summed E-state index contributed by atoms with van der Waals surface area (Å²) in [4.78, 5) is 17.6. The predicted molar refractivity (Wildman–Crippen MR) is 106 cm³/mol. The van der Waals surface area contributed by atoms with Crippen LogP contribution in [0.2, 0.25) is 5.02 Å². The number of fused-ring (bicyclic) bond motifs is 3. The van der Waals surface area contributed by atoms with Crippen molar-refractivity contribution in [2.45, 2.75) is 37.1 Å². The Hall–Kier alpha value is -2.66. The van der Waals surface area contributed by atoms with Crippen LogP contribution in [-0.4, -0.2) is 20.7 Å². The topological polar surface area (TPSA) is 59.8 Å². The third-order valence-corrected chi connectivity index (χ3v) is 6.56. The maximum atomic E-state index is 13.2. The quantitative estimate of drug-likeness (QED) is 0.732. The van der Waals surface area contributed by atoms with E-state index in [9.17, 15) is 4.79 Å². The Morgan fingerprint density at radius 2 is 2.00 bits per heavy atom. The van der Waals surface area contributed by atoms with Gasteiger partial charge in [0, 0.05) is 17.7 Å². The number of nitrogens with one attached hydrogen (secondary N) is 1. The average molecular weight is 391 g/mol. The molecule has 2 saturated carbocycles. The molecule has 1 aromatic carbocycles. The van der Waals surface area contributed by atoms with Crippen LogP contribution >= 0.6 is 11.6 Å². The number of nitrogens with zero attached hydrogens (tertiary/aromatic N) is 3. The smallest absolute Gasteiger partial charge is 0.272 e. The Morgan fingerprint density at radius 3 is 2.71 bits per heavy atom. The number of aromatic nitrogens is 3.